The third-order valence-electron chi connectivity index (χ3n) is 7.38. The molecule has 0 radical (unpaired) electrons. The Kier molecular flexibility index (Phi) is 14.5. The van der Waals surface area contributed by atoms with Crippen LogP contribution in [-0.4, -0.2) is 34.5 Å². The number of methoxy groups -OCH3 is 1. The Morgan fingerprint density at radius 1 is 0.977 bits per heavy atom. The number of alkyl halides is 2. The highest BCUT2D eigenvalue weighted by Gasteiger charge is 2.23. The fourth-order valence-electron chi connectivity index (χ4n) is 5.26. The molecular weight excluding hydrogens is 560 g/mol. The van der Waals surface area contributed by atoms with Crippen LogP contribution in [0.2, 0.25) is 0 Å². The molecule has 4 aromatic rings. The number of rotatable bonds is 12. The zero-order valence-electron chi connectivity index (χ0n) is 28.0. The van der Waals surface area contributed by atoms with Crippen LogP contribution in [0.1, 0.15) is 83.4 Å². The Labute approximate surface area is 261 Å². The second-order valence-electron chi connectivity index (χ2n) is 10.3. The van der Waals surface area contributed by atoms with Crippen molar-refractivity contribution in [3.63, 3.8) is 0 Å². The van der Waals surface area contributed by atoms with E-state index >= 15 is 0 Å². The Morgan fingerprint density at radius 3 is 2.30 bits per heavy atom. The molecule has 0 aliphatic heterocycles. The summed E-state index contributed by atoms with van der Waals surface area (Å²) in [7, 11) is 3.31. The number of aryl methyl sites for hydroxylation is 4. The van der Waals surface area contributed by atoms with Gasteiger partial charge in [-0.05, 0) is 69.0 Å². The molecule has 0 aliphatic rings. The Morgan fingerprint density at radius 2 is 1.68 bits per heavy atom. The fraction of sp³-hybridized carbons (Fsp3) is 0.486. The van der Waals surface area contributed by atoms with Gasteiger partial charge in [-0.25, -0.2) is 8.78 Å². The average molecular weight is 612 g/mol. The van der Waals surface area contributed by atoms with Crippen molar-refractivity contribution in [1.82, 2.24) is 14.3 Å². The average Bonchev–Trinajstić information content (AvgIpc) is 3.51. The highest BCUT2D eigenvalue weighted by Crippen LogP contribution is 2.41. The van der Waals surface area contributed by atoms with Gasteiger partial charge < -0.3 is 19.9 Å². The summed E-state index contributed by atoms with van der Waals surface area (Å²) in [6.45, 7) is 15.7. The maximum atomic E-state index is 14.6. The van der Waals surface area contributed by atoms with Crippen molar-refractivity contribution < 1.29 is 13.5 Å². The van der Waals surface area contributed by atoms with Crippen LogP contribution in [0.3, 0.4) is 0 Å². The highest BCUT2D eigenvalue weighted by atomic mass is 19.3. The number of halogens is 2. The lowest BCUT2D eigenvalue weighted by molar-refractivity contribution is 0.152. The summed E-state index contributed by atoms with van der Waals surface area (Å²) >= 11 is 0. The number of hydrogen-bond donors (Lipinski definition) is 1. The van der Waals surface area contributed by atoms with Crippen LogP contribution in [0.15, 0.2) is 47.5 Å². The number of anilines is 2. The van der Waals surface area contributed by atoms with E-state index in [4.69, 9.17) is 10.5 Å². The summed E-state index contributed by atoms with van der Waals surface area (Å²) in [4.78, 5) is 14.8. The van der Waals surface area contributed by atoms with Crippen molar-refractivity contribution in [2.24, 2.45) is 12.8 Å². The minimum Gasteiger partial charge on any atom is -0.497 e. The molecule has 2 heterocycles. The quantitative estimate of drug-likeness (QED) is 0.162. The Hall–Kier alpha value is -3.72. The van der Waals surface area contributed by atoms with Gasteiger partial charge in [-0.1, -0.05) is 41.0 Å². The first-order valence-electron chi connectivity index (χ1n) is 15.8. The van der Waals surface area contributed by atoms with Gasteiger partial charge in [0.15, 0.2) is 0 Å². The van der Waals surface area contributed by atoms with Gasteiger partial charge in [0.1, 0.15) is 5.75 Å². The minimum atomic E-state index is -2.67. The van der Waals surface area contributed by atoms with Crippen LogP contribution in [0.4, 0.5) is 20.2 Å². The maximum Gasteiger partial charge on any atom is 0.264 e. The smallest absolute Gasteiger partial charge is 0.264 e. The van der Waals surface area contributed by atoms with Crippen molar-refractivity contribution >= 4 is 22.3 Å². The van der Waals surface area contributed by atoms with E-state index in [0.717, 1.165) is 48.9 Å². The molecule has 0 aliphatic carbocycles. The molecule has 7 nitrogen and oxygen atoms in total. The van der Waals surface area contributed by atoms with Crippen LogP contribution < -0.4 is 20.9 Å². The summed E-state index contributed by atoms with van der Waals surface area (Å²) in [6, 6.07) is 9.04. The number of fused-ring (bicyclic) bond motifs is 1. The molecule has 0 fully saturated rings. The monoisotopic (exact) mass is 611 g/mol. The Bertz CT molecular complexity index is 1540. The molecule has 0 spiro atoms. The zero-order chi connectivity index (χ0) is 33.0. The number of nitrogens with zero attached hydrogens (tertiary/aromatic N) is 4. The first-order valence-corrected chi connectivity index (χ1v) is 15.8. The third-order valence-corrected chi connectivity index (χ3v) is 7.38. The van der Waals surface area contributed by atoms with Gasteiger partial charge in [0.2, 0.25) is 0 Å². The van der Waals surface area contributed by atoms with Gasteiger partial charge in [-0.15, -0.1) is 0 Å². The van der Waals surface area contributed by atoms with E-state index in [9.17, 15) is 13.6 Å². The van der Waals surface area contributed by atoms with Crippen molar-refractivity contribution in [3.8, 4) is 16.9 Å². The number of pyridine rings is 1. The fourth-order valence-corrected chi connectivity index (χ4v) is 5.26. The number of unbranched alkanes of at least 4 members (excludes halogenated alkanes) is 2. The van der Waals surface area contributed by atoms with Crippen LogP contribution in [-0.2, 0) is 13.6 Å². The number of nitrogens with two attached hydrogens (primary N) is 1. The van der Waals surface area contributed by atoms with E-state index in [-0.39, 0.29) is 11.1 Å². The minimum absolute atomic E-state index is 0.0415. The van der Waals surface area contributed by atoms with E-state index < -0.39 is 6.43 Å². The maximum absolute atomic E-state index is 14.6. The molecule has 0 atom stereocenters. The summed E-state index contributed by atoms with van der Waals surface area (Å²) in [6.07, 6.45) is 4.50. The van der Waals surface area contributed by atoms with Crippen molar-refractivity contribution in [1.29, 1.82) is 0 Å². The number of aromatic nitrogens is 3. The predicted octanol–water partition coefficient (Wildman–Crippen LogP) is 8.69. The van der Waals surface area contributed by atoms with E-state index in [1.807, 2.05) is 69.8 Å². The lowest BCUT2D eigenvalue weighted by Crippen LogP contribution is -2.23. The molecule has 0 unspecified atom stereocenters. The normalized spacial score (nSPS) is 10.8. The number of benzene rings is 2. The van der Waals surface area contributed by atoms with E-state index in [0.29, 0.717) is 46.7 Å². The summed E-state index contributed by atoms with van der Waals surface area (Å²) in [5.74, 6) is 0.588. The van der Waals surface area contributed by atoms with Gasteiger partial charge in [0.05, 0.1) is 24.5 Å². The third kappa shape index (κ3) is 8.25. The van der Waals surface area contributed by atoms with E-state index in [1.165, 1.54) is 0 Å². The SMILES string of the molecule is CC.CC.CCCN(c1cc(C(F)F)c(-c2cnn(CCCCCN)c2)cc1C)c1cc(OC)cc2c1cc(C)c(=O)n2C. The molecule has 0 bridgehead atoms. The summed E-state index contributed by atoms with van der Waals surface area (Å²) < 4.78 is 38.2. The predicted molar refractivity (Wildman–Crippen MR) is 181 cm³/mol. The molecule has 242 valence electrons. The van der Waals surface area contributed by atoms with Crippen LogP contribution in [0, 0.1) is 13.8 Å². The van der Waals surface area contributed by atoms with Gasteiger partial charge in [0, 0.05) is 66.2 Å². The van der Waals surface area contributed by atoms with Crippen LogP contribution in [0.5, 0.6) is 5.75 Å². The molecule has 44 heavy (non-hydrogen) atoms. The second-order valence-corrected chi connectivity index (χ2v) is 10.3. The van der Waals surface area contributed by atoms with Crippen LogP contribution in [0.25, 0.3) is 22.0 Å². The molecule has 2 N–H and O–H groups in total. The molecule has 9 heteroatoms. The molecule has 4 rings (SSSR count). The van der Waals surface area contributed by atoms with E-state index in [2.05, 4.69) is 16.9 Å². The Balaban J connectivity index is 0.00000162. The molecule has 2 aromatic heterocycles. The summed E-state index contributed by atoms with van der Waals surface area (Å²) in [5.41, 5.74) is 10.3. The second kappa shape index (κ2) is 17.5. The standard InChI is InChI=1S/C31H39F2N5O2.2C2H6/c1-6-11-38(29-16-23(40-5)15-28-26(29)14-21(3)31(39)36(28)4)27-17-25(30(32)33)24(13-20(27)2)22-18-35-37(19-22)12-9-7-8-10-34;2*1-2/h13-19,30H,6-12,34H2,1-5H3;2*1-2H3. The first-order chi connectivity index (χ1) is 21.2. The lowest BCUT2D eigenvalue weighted by atomic mass is 9.97. The zero-order valence-corrected chi connectivity index (χ0v) is 28.0. The van der Waals surface area contributed by atoms with Gasteiger partial charge in [-0.2, -0.15) is 5.10 Å². The van der Waals surface area contributed by atoms with Crippen molar-refractivity contribution in [2.75, 3.05) is 25.1 Å². The topological polar surface area (TPSA) is 78.3 Å². The van der Waals surface area contributed by atoms with Crippen molar-refractivity contribution in [2.45, 2.75) is 87.1 Å². The largest absolute Gasteiger partial charge is 0.497 e. The van der Waals surface area contributed by atoms with Crippen molar-refractivity contribution in [3.05, 3.63) is 69.8 Å². The molecular formula is C35H51F2N5O2. The highest BCUT2D eigenvalue weighted by molar-refractivity contribution is 5.96. The summed E-state index contributed by atoms with van der Waals surface area (Å²) in [5, 5.41) is 5.27. The lowest BCUT2D eigenvalue weighted by Gasteiger charge is -2.29. The molecule has 2 aromatic carbocycles. The molecule has 0 saturated heterocycles. The van der Waals surface area contributed by atoms with E-state index in [1.54, 1.807) is 37.9 Å². The molecule has 0 amide bonds. The van der Waals surface area contributed by atoms with Gasteiger partial charge >= 0.3 is 0 Å². The van der Waals surface area contributed by atoms with Gasteiger partial charge in [-0.3, -0.25) is 9.48 Å². The first kappa shape index (κ1) is 36.5. The number of hydrogen-bond acceptors (Lipinski definition) is 5. The van der Waals surface area contributed by atoms with Gasteiger partial charge in [0.25, 0.3) is 12.0 Å². The number of ether oxygens (including phenoxy) is 1. The van der Waals surface area contributed by atoms with Crippen LogP contribution >= 0.6 is 0 Å². The molecule has 0 saturated carbocycles.